The fraction of sp³-hybridized carbons (Fsp3) is 0.667. The third-order valence-corrected chi connectivity index (χ3v) is 6.20. The minimum atomic E-state index is 0.328. The van der Waals surface area contributed by atoms with Crippen LogP contribution in [-0.4, -0.2) is 29.6 Å². The molecular weight excluding hydrogens is 371 g/mol. The fourth-order valence-electron chi connectivity index (χ4n) is 3.68. The molecule has 116 valence electrons. The van der Waals surface area contributed by atoms with E-state index in [4.69, 9.17) is 0 Å². The second-order valence-corrected chi connectivity index (χ2v) is 8.05. The summed E-state index contributed by atoms with van der Waals surface area (Å²) in [5.41, 5.74) is 1.79. The summed E-state index contributed by atoms with van der Waals surface area (Å²) in [6.45, 7) is 8.15. The van der Waals surface area contributed by atoms with Gasteiger partial charge in [0.05, 0.1) is 0 Å². The summed E-state index contributed by atoms with van der Waals surface area (Å²) >= 11 is 2.39. The van der Waals surface area contributed by atoms with Crippen molar-refractivity contribution in [2.75, 3.05) is 13.1 Å². The van der Waals surface area contributed by atoms with Crippen LogP contribution in [0.4, 0.5) is 0 Å². The van der Waals surface area contributed by atoms with Gasteiger partial charge < -0.3 is 5.32 Å². The van der Waals surface area contributed by atoms with E-state index in [0.717, 1.165) is 18.5 Å². The molecular formula is C18H27IN2. The molecule has 1 N–H and O–H groups in total. The second kappa shape index (κ2) is 6.55. The van der Waals surface area contributed by atoms with Gasteiger partial charge in [-0.2, -0.15) is 0 Å². The van der Waals surface area contributed by atoms with Crippen LogP contribution in [0.5, 0.6) is 0 Å². The van der Waals surface area contributed by atoms with Crippen LogP contribution in [0.3, 0.4) is 0 Å². The molecule has 1 aromatic rings. The van der Waals surface area contributed by atoms with E-state index in [2.05, 4.69) is 70.9 Å². The number of nitrogens with one attached hydrogen (secondary N) is 1. The van der Waals surface area contributed by atoms with Crippen molar-refractivity contribution in [2.24, 2.45) is 5.92 Å². The Bertz CT molecular complexity index is 463. The topological polar surface area (TPSA) is 15.3 Å². The summed E-state index contributed by atoms with van der Waals surface area (Å²) in [5.74, 6) is 0.938. The number of piperazine rings is 1. The summed E-state index contributed by atoms with van der Waals surface area (Å²) in [5, 5.41) is 3.89. The van der Waals surface area contributed by atoms with Crippen LogP contribution in [0.25, 0.3) is 0 Å². The van der Waals surface area contributed by atoms with Crippen molar-refractivity contribution in [1.82, 2.24) is 10.2 Å². The molecule has 3 heteroatoms. The van der Waals surface area contributed by atoms with Crippen LogP contribution in [0.15, 0.2) is 24.3 Å². The second-order valence-electron chi connectivity index (χ2n) is 6.80. The predicted octanol–water partition coefficient (Wildman–Crippen LogP) is 4.03. The van der Waals surface area contributed by atoms with Crippen LogP contribution >= 0.6 is 22.6 Å². The van der Waals surface area contributed by atoms with Gasteiger partial charge in [0.2, 0.25) is 0 Å². The fourth-order valence-corrected chi connectivity index (χ4v) is 4.04. The minimum Gasteiger partial charge on any atom is -0.308 e. The smallest absolute Gasteiger partial charge is 0.0304 e. The third kappa shape index (κ3) is 3.62. The van der Waals surface area contributed by atoms with Gasteiger partial charge in [0.25, 0.3) is 0 Å². The minimum absolute atomic E-state index is 0.328. The highest BCUT2D eigenvalue weighted by atomic mass is 127. The summed E-state index contributed by atoms with van der Waals surface area (Å²) in [6.07, 6.45) is 5.32. The summed E-state index contributed by atoms with van der Waals surface area (Å²) in [7, 11) is 0. The molecule has 2 fully saturated rings. The van der Waals surface area contributed by atoms with Gasteiger partial charge in [-0.15, -0.1) is 0 Å². The number of halogens is 1. The molecule has 1 aromatic carbocycles. The van der Waals surface area contributed by atoms with Gasteiger partial charge in [0.1, 0.15) is 0 Å². The molecule has 1 saturated carbocycles. The molecule has 3 rings (SSSR count). The van der Waals surface area contributed by atoms with Gasteiger partial charge in [-0.3, -0.25) is 4.90 Å². The molecule has 1 heterocycles. The number of benzene rings is 1. The van der Waals surface area contributed by atoms with Crippen molar-refractivity contribution < 1.29 is 0 Å². The molecule has 1 aliphatic carbocycles. The first-order valence-corrected chi connectivity index (χ1v) is 9.47. The van der Waals surface area contributed by atoms with E-state index in [-0.39, 0.29) is 0 Å². The maximum Gasteiger partial charge on any atom is 0.0304 e. The Morgan fingerprint density at radius 3 is 2.43 bits per heavy atom. The van der Waals surface area contributed by atoms with E-state index >= 15 is 0 Å². The average Bonchev–Trinajstić information content (AvgIpc) is 3.34. The third-order valence-electron chi connectivity index (χ3n) is 5.48. The Labute approximate surface area is 142 Å². The highest BCUT2D eigenvalue weighted by Gasteiger charge is 2.42. The molecule has 2 aliphatic rings. The first kappa shape index (κ1) is 15.8. The number of nitrogens with zero attached hydrogens (tertiary/aromatic N) is 1. The molecule has 1 saturated heterocycles. The van der Waals surface area contributed by atoms with E-state index in [1.807, 2.05) is 0 Å². The maximum atomic E-state index is 3.89. The number of hydrogen-bond donors (Lipinski definition) is 1. The van der Waals surface area contributed by atoms with Crippen molar-refractivity contribution >= 4 is 22.6 Å². The van der Waals surface area contributed by atoms with E-state index in [1.165, 1.54) is 47.9 Å². The molecule has 0 radical (unpaired) electrons. The monoisotopic (exact) mass is 398 g/mol. The predicted molar refractivity (Wildman–Crippen MR) is 97.4 cm³/mol. The molecule has 1 unspecified atom stereocenters. The van der Waals surface area contributed by atoms with Crippen molar-refractivity contribution in [3.63, 3.8) is 0 Å². The Kier molecular flexibility index (Phi) is 4.91. The van der Waals surface area contributed by atoms with E-state index in [1.54, 1.807) is 0 Å². The lowest BCUT2D eigenvalue weighted by Gasteiger charge is -2.48. The SMILES string of the molecule is CCC1(CC)CN(Cc2ccc(I)cc2)C(C2CC2)CN1. The van der Waals surface area contributed by atoms with Crippen molar-refractivity contribution in [1.29, 1.82) is 0 Å². The average molecular weight is 398 g/mol. The Morgan fingerprint density at radius 1 is 1.19 bits per heavy atom. The lowest BCUT2D eigenvalue weighted by atomic mass is 9.87. The van der Waals surface area contributed by atoms with Crippen molar-refractivity contribution in [2.45, 2.75) is 57.7 Å². The zero-order valence-electron chi connectivity index (χ0n) is 13.2. The molecule has 1 atom stereocenters. The standard InChI is InChI=1S/C18H27IN2/c1-3-18(4-2)13-21(17(11-20-18)15-7-8-15)12-14-5-9-16(19)10-6-14/h5-6,9-10,15,17,20H,3-4,7-8,11-13H2,1-2H3. The lowest BCUT2D eigenvalue weighted by molar-refractivity contribution is 0.0557. The lowest BCUT2D eigenvalue weighted by Crippen LogP contribution is -2.64. The number of hydrogen-bond acceptors (Lipinski definition) is 2. The highest BCUT2D eigenvalue weighted by Crippen LogP contribution is 2.38. The summed E-state index contributed by atoms with van der Waals surface area (Å²) in [6, 6.07) is 9.81. The van der Waals surface area contributed by atoms with E-state index in [9.17, 15) is 0 Å². The largest absolute Gasteiger partial charge is 0.308 e. The molecule has 2 nitrogen and oxygen atoms in total. The normalized spacial score (nSPS) is 26.0. The Morgan fingerprint density at radius 2 is 1.86 bits per heavy atom. The van der Waals surface area contributed by atoms with Gasteiger partial charge in [-0.05, 0) is 71.9 Å². The first-order valence-electron chi connectivity index (χ1n) is 8.39. The molecule has 0 bridgehead atoms. The quantitative estimate of drug-likeness (QED) is 0.754. The zero-order chi connectivity index (χ0) is 14.9. The van der Waals surface area contributed by atoms with Gasteiger partial charge in [-0.1, -0.05) is 26.0 Å². The van der Waals surface area contributed by atoms with Gasteiger partial charge >= 0.3 is 0 Å². The van der Waals surface area contributed by atoms with E-state index in [0.29, 0.717) is 5.54 Å². The Hall–Kier alpha value is -0.130. The van der Waals surface area contributed by atoms with E-state index < -0.39 is 0 Å². The van der Waals surface area contributed by atoms with Crippen molar-refractivity contribution in [3.05, 3.63) is 33.4 Å². The molecule has 0 spiro atoms. The van der Waals surface area contributed by atoms with Crippen LogP contribution < -0.4 is 5.32 Å². The number of rotatable bonds is 5. The molecule has 21 heavy (non-hydrogen) atoms. The molecule has 1 aliphatic heterocycles. The molecule has 0 aromatic heterocycles. The van der Waals surface area contributed by atoms with Crippen molar-refractivity contribution in [3.8, 4) is 0 Å². The van der Waals surface area contributed by atoms with Crippen LogP contribution in [0.1, 0.15) is 45.1 Å². The van der Waals surface area contributed by atoms with Gasteiger partial charge in [0, 0.05) is 34.8 Å². The summed E-state index contributed by atoms with van der Waals surface area (Å²) in [4.78, 5) is 2.77. The van der Waals surface area contributed by atoms with Crippen LogP contribution in [0.2, 0.25) is 0 Å². The highest BCUT2D eigenvalue weighted by molar-refractivity contribution is 14.1. The first-order chi connectivity index (χ1) is 10.2. The molecule has 0 amide bonds. The van der Waals surface area contributed by atoms with Crippen LogP contribution in [-0.2, 0) is 6.54 Å². The zero-order valence-corrected chi connectivity index (χ0v) is 15.4. The van der Waals surface area contributed by atoms with Gasteiger partial charge in [-0.25, -0.2) is 0 Å². The summed E-state index contributed by atoms with van der Waals surface area (Å²) < 4.78 is 1.33. The maximum absolute atomic E-state index is 3.89. The van der Waals surface area contributed by atoms with Crippen LogP contribution in [0, 0.1) is 9.49 Å². The Balaban J connectivity index is 1.75. The van der Waals surface area contributed by atoms with Gasteiger partial charge in [0.15, 0.2) is 0 Å².